The van der Waals surface area contributed by atoms with E-state index in [9.17, 15) is 0 Å². The molecule has 2 rings (SSSR count). The van der Waals surface area contributed by atoms with Crippen LogP contribution in [0, 0.1) is 6.92 Å². The minimum absolute atomic E-state index is 0.472. The zero-order valence-electron chi connectivity index (χ0n) is 11.1. The van der Waals surface area contributed by atoms with E-state index >= 15 is 0 Å². The normalized spacial score (nSPS) is 10.3. The molecule has 0 aromatic carbocycles. The summed E-state index contributed by atoms with van der Waals surface area (Å²) in [5.74, 6) is 1.43. The van der Waals surface area contributed by atoms with Crippen LogP contribution in [0.25, 0.3) is 0 Å². The summed E-state index contributed by atoms with van der Waals surface area (Å²) >= 11 is 1.66. The largest absolute Gasteiger partial charge is 0.481 e. The van der Waals surface area contributed by atoms with Gasteiger partial charge in [-0.15, -0.1) is 11.3 Å². The van der Waals surface area contributed by atoms with Crippen LogP contribution in [0.4, 0.5) is 5.95 Å². The Morgan fingerprint density at radius 3 is 2.37 bits per heavy atom. The number of ether oxygens (including phenoxy) is 2. The lowest BCUT2D eigenvalue weighted by Gasteiger charge is -2.07. The van der Waals surface area contributed by atoms with Gasteiger partial charge in [-0.05, 0) is 6.92 Å². The first kappa shape index (κ1) is 13.5. The Kier molecular flexibility index (Phi) is 4.51. The molecule has 0 saturated heterocycles. The molecule has 0 unspecified atom stereocenters. The number of hydrogen-bond donors (Lipinski definition) is 1. The molecule has 102 valence electrons. The summed E-state index contributed by atoms with van der Waals surface area (Å²) in [5.41, 5.74) is 1.05. The van der Waals surface area contributed by atoms with Crippen LogP contribution in [0.2, 0.25) is 0 Å². The molecule has 0 radical (unpaired) electrons. The molecule has 0 aliphatic rings. The molecule has 6 nitrogen and oxygen atoms in total. The lowest BCUT2D eigenvalue weighted by Crippen LogP contribution is -2.09. The van der Waals surface area contributed by atoms with Crippen LogP contribution in [-0.4, -0.2) is 35.7 Å². The van der Waals surface area contributed by atoms with Gasteiger partial charge in [0.05, 0.1) is 25.3 Å². The third kappa shape index (κ3) is 3.78. The Morgan fingerprint density at radius 2 is 1.84 bits per heavy atom. The molecular formula is C12H16N4O2S. The van der Waals surface area contributed by atoms with Gasteiger partial charge >= 0.3 is 0 Å². The molecule has 2 aromatic rings. The number of rotatable bonds is 6. The molecule has 0 fully saturated rings. The highest BCUT2D eigenvalue weighted by Crippen LogP contribution is 2.17. The fourth-order valence-electron chi connectivity index (χ4n) is 1.49. The third-order valence-electron chi connectivity index (χ3n) is 2.39. The van der Waals surface area contributed by atoms with Crippen molar-refractivity contribution in [2.45, 2.75) is 13.3 Å². The number of hydrogen-bond acceptors (Lipinski definition) is 7. The standard InChI is InChI=1S/C12H16N4O2S/c1-8-7-19-11(14-8)4-5-13-12-15-9(17-2)6-10(16-12)18-3/h6-7H,4-5H2,1-3H3,(H,13,15,16). The van der Waals surface area contributed by atoms with Crippen molar-refractivity contribution < 1.29 is 9.47 Å². The second kappa shape index (κ2) is 6.33. The summed E-state index contributed by atoms with van der Waals surface area (Å²) in [7, 11) is 3.12. The summed E-state index contributed by atoms with van der Waals surface area (Å²) in [6.45, 7) is 2.70. The van der Waals surface area contributed by atoms with E-state index in [0.717, 1.165) is 17.1 Å². The molecule has 2 aromatic heterocycles. The average molecular weight is 280 g/mol. The van der Waals surface area contributed by atoms with Crippen molar-refractivity contribution in [2.75, 3.05) is 26.1 Å². The quantitative estimate of drug-likeness (QED) is 0.871. The molecule has 0 bridgehead atoms. The molecule has 0 aliphatic heterocycles. The van der Waals surface area contributed by atoms with E-state index in [2.05, 4.69) is 20.3 Å². The van der Waals surface area contributed by atoms with Gasteiger partial charge < -0.3 is 14.8 Å². The second-order valence-corrected chi connectivity index (χ2v) is 4.78. The molecule has 0 spiro atoms. The van der Waals surface area contributed by atoms with Crippen molar-refractivity contribution in [1.29, 1.82) is 0 Å². The van der Waals surface area contributed by atoms with Gasteiger partial charge in [0.25, 0.3) is 0 Å². The van der Waals surface area contributed by atoms with Gasteiger partial charge in [-0.1, -0.05) is 0 Å². The van der Waals surface area contributed by atoms with Gasteiger partial charge in [0.2, 0.25) is 17.7 Å². The van der Waals surface area contributed by atoms with Gasteiger partial charge in [0.1, 0.15) is 0 Å². The molecule has 0 amide bonds. The summed E-state index contributed by atoms with van der Waals surface area (Å²) in [5, 5.41) is 6.28. The highest BCUT2D eigenvalue weighted by atomic mass is 32.1. The monoisotopic (exact) mass is 280 g/mol. The SMILES string of the molecule is COc1cc(OC)nc(NCCc2nc(C)cs2)n1. The first-order valence-electron chi connectivity index (χ1n) is 5.83. The first-order chi connectivity index (χ1) is 9.21. The summed E-state index contributed by atoms with van der Waals surface area (Å²) in [6.07, 6.45) is 0.835. The number of aryl methyl sites for hydroxylation is 1. The van der Waals surface area contributed by atoms with Gasteiger partial charge in [0.15, 0.2) is 0 Å². The predicted molar refractivity (Wildman–Crippen MR) is 74.2 cm³/mol. The number of anilines is 1. The maximum Gasteiger partial charge on any atom is 0.229 e. The minimum Gasteiger partial charge on any atom is -0.481 e. The average Bonchev–Trinajstić information content (AvgIpc) is 2.84. The van der Waals surface area contributed by atoms with E-state index in [1.54, 1.807) is 31.6 Å². The number of methoxy groups -OCH3 is 2. The zero-order valence-corrected chi connectivity index (χ0v) is 12.0. The van der Waals surface area contributed by atoms with Crippen LogP contribution in [0.3, 0.4) is 0 Å². The molecular weight excluding hydrogens is 264 g/mol. The van der Waals surface area contributed by atoms with Gasteiger partial charge in [0, 0.05) is 24.0 Å². The molecule has 7 heteroatoms. The minimum atomic E-state index is 0.472. The Morgan fingerprint density at radius 1 is 1.16 bits per heavy atom. The van der Waals surface area contributed by atoms with E-state index in [1.807, 2.05) is 12.3 Å². The van der Waals surface area contributed by atoms with Crippen molar-refractivity contribution in [3.63, 3.8) is 0 Å². The van der Waals surface area contributed by atoms with Crippen molar-refractivity contribution in [3.05, 3.63) is 22.1 Å². The van der Waals surface area contributed by atoms with E-state index in [0.29, 0.717) is 24.3 Å². The lowest BCUT2D eigenvalue weighted by atomic mass is 10.4. The Labute approximate surface area is 115 Å². The van der Waals surface area contributed by atoms with E-state index in [-0.39, 0.29) is 0 Å². The molecule has 2 heterocycles. The van der Waals surface area contributed by atoms with Crippen LogP contribution in [-0.2, 0) is 6.42 Å². The summed E-state index contributed by atoms with van der Waals surface area (Å²) in [6, 6.07) is 1.63. The molecule has 1 N–H and O–H groups in total. The van der Waals surface area contributed by atoms with Crippen LogP contribution in [0.1, 0.15) is 10.7 Å². The zero-order chi connectivity index (χ0) is 13.7. The van der Waals surface area contributed by atoms with Crippen molar-refractivity contribution >= 4 is 17.3 Å². The number of thiazole rings is 1. The third-order valence-corrected chi connectivity index (χ3v) is 3.41. The van der Waals surface area contributed by atoms with Crippen LogP contribution in [0.15, 0.2) is 11.4 Å². The number of nitrogens with one attached hydrogen (secondary N) is 1. The maximum atomic E-state index is 5.08. The smallest absolute Gasteiger partial charge is 0.229 e. The Hall–Kier alpha value is -1.89. The summed E-state index contributed by atoms with van der Waals surface area (Å²) in [4.78, 5) is 12.8. The Bertz CT molecular complexity index is 522. The van der Waals surface area contributed by atoms with Gasteiger partial charge in [-0.2, -0.15) is 9.97 Å². The number of aromatic nitrogens is 3. The fourth-order valence-corrected chi connectivity index (χ4v) is 2.27. The number of nitrogens with zero attached hydrogens (tertiary/aromatic N) is 3. The molecule has 19 heavy (non-hydrogen) atoms. The van der Waals surface area contributed by atoms with Crippen LogP contribution >= 0.6 is 11.3 Å². The first-order valence-corrected chi connectivity index (χ1v) is 6.71. The highest BCUT2D eigenvalue weighted by molar-refractivity contribution is 7.09. The second-order valence-electron chi connectivity index (χ2n) is 3.84. The molecule has 0 atom stereocenters. The van der Waals surface area contributed by atoms with Crippen molar-refractivity contribution in [1.82, 2.24) is 15.0 Å². The Balaban J connectivity index is 1.95. The lowest BCUT2D eigenvalue weighted by molar-refractivity contribution is 0.373. The van der Waals surface area contributed by atoms with Crippen LogP contribution < -0.4 is 14.8 Å². The topological polar surface area (TPSA) is 69.2 Å². The van der Waals surface area contributed by atoms with Crippen molar-refractivity contribution in [3.8, 4) is 11.8 Å². The van der Waals surface area contributed by atoms with E-state index < -0.39 is 0 Å². The summed E-state index contributed by atoms with van der Waals surface area (Å²) < 4.78 is 10.2. The van der Waals surface area contributed by atoms with E-state index in [1.165, 1.54) is 0 Å². The van der Waals surface area contributed by atoms with Gasteiger partial charge in [-0.3, -0.25) is 0 Å². The van der Waals surface area contributed by atoms with E-state index in [4.69, 9.17) is 9.47 Å². The van der Waals surface area contributed by atoms with Gasteiger partial charge in [-0.25, -0.2) is 4.98 Å². The highest BCUT2D eigenvalue weighted by Gasteiger charge is 2.05. The molecule has 0 saturated carbocycles. The van der Waals surface area contributed by atoms with Crippen LogP contribution in [0.5, 0.6) is 11.8 Å². The maximum absolute atomic E-state index is 5.08. The molecule has 0 aliphatic carbocycles. The van der Waals surface area contributed by atoms with Crippen molar-refractivity contribution in [2.24, 2.45) is 0 Å². The fraction of sp³-hybridized carbons (Fsp3) is 0.417. The predicted octanol–water partition coefficient (Wildman–Crippen LogP) is 1.91.